The summed E-state index contributed by atoms with van der Waals surface area (Å²) in [5.74, 6) is -0.661. The molecule has 0 aliphatic heterocycles. The molecule has 4 amide bonds. The molecule has 2 aromatic rings. The molecule has 26 heavy (non-hydrogen) atoms. The van der Waals surface area contributed by atoms with E-state index in [0.29, 0.717) is 16.8 Å². The SMILES string of the molecule is Cc1ccc(C(=O)N(C)C)cc1NC(=O)NCc1cccc(C(N)=O)c1. The Hall–Kier alpha value is -3.35. The van der Waals surface area contributed by atoms with E-state index in [1.807, 2.05) is 6.92 Å². The predicted molar refractivity (Wildman–Crippen MR) is 100 cm³/mol. The van der Waals surface area contributed by atoms with Crippen LogP contribution in [0.5, 0.6) is 0 Å². The first-order valence-corrected chi connectivity index (χ1v) is 8.04. The Bertz CT molecular complexity index is 846. The summed E-state index contributed by atoms with van der Waals surface area (Å²) in [4.78, 5) is 36.9. The van der Waals surface area contributed by atoms with Gasteiger partial charge in [-0.3, -0.25) is 9.59 Å². The van der Waals surface area contributed by atoms with Gasteiger partial charge in [0, 0.05) is 37.5 Å². The average molecular weight is 354 g/mol. The van der Waals surface area contributed by atoms with E-state index in [4.69, 9.17) is 5.73 Å². The number of rotatable bonds is 5. The quantitative estimate of drug-likeness (QED) is 0.766. The third-order valence-corrected chi connectivity index (χ3v) is 3.80. The lowest BCUT2D eigenvalue weighted by Gasteiger charge is -2.14. The number of nitrogens with zero attached hydrogens (tertiary/aromatic N) is 1. The molecular formula is C19H22N4O3. The highest BCUT2D eigenvalue weighted by atomic mass is 16.2. The third kappa shape index (κ3) is 4.83. The highest BCUT2D eigenvalue weighted by molar-refractivity contribution is 5.97. The van der Waals surface area contributed by atoms with Crippen molar-refractivity contribution >= 4 is 23.5 Å². The van der Waals surface area contributed by atoms with Crippen molar-refractivity contribution in [3.05, 3.63) is 64.7 Å². The second kappa shape index (κ2) is 8.15. The predicted octanol–water partition coefficient (Wildman–Crippen LogP) is 2.12. The minimum absolute atomic E-state index is 0.142. The van der Waals surface area contributed by atoms with Crippen LogP contribution in [0.4, 0.5) is 10.5 Å². The molecule has 0 spiro atoms. The van der Waals surface area contributed by atoms with Crippen LogP contribution in [0.15, 0.2) is 42.5 Å². The molecular weight excluding hydrogens is 332 g/mol. The molecule has 4 N–H and O–H groups in total. The summed E-state index contributed by atoms with van der Waals surface area (Å²) in [6, 6.07) is 11.5. The molecule has 0 bridgehead atoms. The van der Waals surface area contributed by atoms with Crippen molar-refractivity contribution in [1.82, 2.24) is 10.2 Å². The molecule has 0 heterocycles. The Morgan fingerprint density at radius 2 is 1.77 bits per heavy atom. The van der Waals surface area contributed by atoms with Crippen molar-refractivity contribution in [3.63, 3.8) is 0 Å². The van der Waals surface area contributed by atoms with E-state index in [-0.39, 0.29) is 12.5 Å². The summed E-state index contributed by atoms with van der Waals surface area (Å²) in [7, 11) is 3.34. The number of carbonyl (C=O) groups is 3. The van der Waals surface area contributed by atoms with Crippen molar-refractivity contribution in [2.24, 2.45) is 5.73 Å². The molecule has 0 fully saturated rings. The number of nitrogens with one attached hydrogen (secondary N) is 2. The normalized spacial score (nSPS) is 10.1. The minimum atomic E-state index is -0.519. The van der Waals surface area contributed by atoms with Gasteiger partial charge in [0.2, 0.25) is 5.91 Å². The molecule has 0 unspecified atom stereocenters. The summed E-state index contributed by atoms with van der Waals surface area (Å²) in [6.07, 6.45) is 0. The van der Waals surface area contributed by atoms with Gasteiger partial charge in [-0.05, 0) is 42.3 Å². The highest BCUT2D eigenvalue weighted by Crippen LogP contribution is 2.17. The Morgan fingerprint density at radius 1 is 1.04 bits per heavy atom. The fourth-order valence-electron chi connectivity index (χ4n) is 2.33. The largest absolute Gasteiger partial charge is 0.366 e. The summed E-state index contributed by atoms with van der Waals surface area (Å²) < 4.78 is 0. The summed E-state index contributed by atoms with van der Waals surface area (Å²) in [6.45, 7) is 2.08. The summed E-state index contributed by atoms with van der Waals surface area (Å²) in [5.41, 5.74) is 8.27. The first-order valence-electron chi connectivity index (χ1n) is 8.04. The monoisotopic (exact) mass is 354 g/mol. The van der Waals surface area contributed by atoms with Crippen molar-refractivity contribution < 1.29 is 14.4 Å². The van der Waals surface area contributed by atoms with Gasteiger partial charge in [-0.25, -0.2) is 4.79 Å². The van der Waals surface area contributed by atoms with Gasteiger partial charge in [-0.15, -0.1) is 0 Å². The number of hydrogen-bond acceptors (Lipinski definition) is 3. The molecule has 0 aliphatic rings. The van der Waals surface area contributed by atoms with Crippen LogP contribution in [0.2, 0.25) is 0 Å². The molecule has 0 aliphatic carbocycles. The van der Waals surface area contributed by atoms with Crippen LogP contribution in [-0.4, -0.2) is 36.8 Å². The Balaban J connectivity index is 2.04. The highest BCUT2D eigenvalue weighted by Gasteiger charge is 2.11. The van der Waals surface area contributed by atoms with Crippen LogP contribution in [0.25, 0.3) is 0 Å². The fourth-order valence-corrected chi connectivity index (χ4v) is 2.33. The second-order valence-corrected chi connectivity index (χ2v) is 6.10. The third-order valence-electron chi connectivity index (χ3n) is 3.80. The minimum Gasteiger partial charge on any atom is -0.366 e. The zero-order valence-corrected chi connectivity index (χ0v) is 15.0. The molecule has 7 heteroatoms. The summed E-state index contributed by atoms with van der Waals surface area (Å²) >= 11 is 0. The second-order valence-electron chi connectivity index (χ2n) is 6.10. The smallest absolute Gasteiger partial charge is 0.319 e. The van der Waals surface area contributed by atoms with Crippen molar-refractivity contribution in [3.8, 4) is 0 Å². The number of nitrogens with two attached hydrogens (primary N) is 1. The standard InChI is InChI=1S/C19H22N4O3/c1-12-7-8-15(18(25)23(2)3)10-16(12)22-19(26)21-11-13-5-4-6-14(9-13)17(20)24/h4-10H,11H2,1-3H3,(H2,20,24)(H2,21,22,26). The number of aryl methyl sites for hydroxylation is 1. The molecule has 0 aromatic heterocycles. The topological polar surface area (TPSA) is 105 Å². The zero-order valence-electron chi connectivity index (χ0n) is 15.0. The van der Waals surface area contributed by atoms with E-state index >= 15 is 0 Å². The van der Waals surface area contributed by atoms with Crippen LogP contribution in [0, 0.1) is 6.92 Å². The molecule has 0 radical (unpaired) electrons. The van der Waals surface area contributed by atoms with Gasteiger partial charge in [0.25, 0.3) is 5.91 Å². The van der Waals surface area contributed by atoms with E-state index in [1.54, 1.807) is 56.6 Å². The average Bonchev–Trinajstić information content (AvgIpc) is 2.61. The number of benzene rings is 2. The molecule has 2 rings (SSSR count). The number of carbonyl (C=O) groups excluding carboxylic acids is 3. The molecule has 2 aromatic carbocycles. The molecule has 7 nitrogen and oxygen atoms in total. The van der Waals surface area contributed by atoms with Gasteiger partial charge in [0.15, 0.2) is 0 Å². The van der Waals surface area contributed by atoms with E-state index in [9.17, 15) is 14.4 Å². The lowest BCUT2D eigenvalue weighted by Crippen LogP contribution is -2.29. The van der Waals surface area contributed by atoms with Crippen molar-refractivity contribution in [2.45, 2.75) is 13.5 Å². The lowest BCUT2D eigenvalue weighted by atomic mass is 10.1. The molecule has 0 atom stereocenters. The van der Waals surface area contributed by atoms with Gasteiger partial charge in [-0.1, -0.05) is 18.2 Å². The number of urea groups is 1. The van der Waals surface area contributed by atoms with Crippen LogP contribution in [-0.2, 0) is 6.54 Å². The molecule has 0 saturated heterocycles. The van der Waals surface area contributed by atoms with Gasteiger partial charge in [-0.2, -0.15) is 0 Å². The van der Waals surface area contributed by atoms with Gasteiger partial charge >= 0.3 is 6.03 Å². The Morgan fingerprint density at radius 3 is 2.42 bits per heavy atom. The van der Waals surface area contributed by atoms with Crippen LogP contribution < -0.4 is 16.4 Å². The fraction of sp³-hybridized carbons (Fsp3) is 0.211. The first kappa shape index (κ1) is 19.0. The van der Waals surface area contributed by atoms with E-state index in [2.05, 4.69) is 10.6 Å². The van der Waals surface area contributed by atoms with E-state index in [0.717, 1.165) is 11.1 Å². The van der Waals surface area contributed by atoms with Crippen LogP contribution in [0.3, 0.4) is 0 Å². The van der Waals surface area contributed by atoms with Gasteiger partial charge < -0.3 is 21.3 Å². The van der Waals surface area contributed by atoms with Crippen molar-refractivity contribution in [2.75, 3.05) is 19.4 Å². The molecule has 0 saturated carbocycles. The van der Waals surface area contributed by atoms with E-state index < -0.39 is 11.9 Å². The lowest BCUT2D eigenvalue weighted by molar-refractivity contribution is 0.0827. The number of amides is 4. The van der Waals surface area contributed by atoms with Crippen LogP contribution >= 0.6 is 0 Å². The van der Waals surface area contributed by atoms with Gasteiger partial charge in [0.1, 0.15) is 0 Å². The summed E-state index contributed by atoms with van der Waals surface area (Å²) in [5, 5.41) is 5.45. The number of anilines is 1. The Labute approximate surface area is 152 Å². The maximum atomic E-state index is 12.2. The molecule has 136 valence electrons. The maximum Gasteiger partial charge on any atom is 0.319 e. The maximum absolute atomic E-state index is 12.2. The number of primary amides is 1. The first-order chi connectivity index (χ1) is 12.3. The van der Waals surface area contributed by atoms with E-state index in [1.165, 1.54) is 4.90 Å². The Kier molecular flexibility index (Phi) is 5.95. The number of hydrogen-bond donors (Lipinski definition) is 3. The van der Waals surface area contributed by atoms with Crippen molar-refractivity contribution in [1.29, 1.82) is 0 Å². The van der Waals surface area contributed by atoms with Crippen LogP contribution in [0.1, 0.15) is 31.8 Å². The zero-order chi connectivity index (χ0) is 19.3. The van der Waals surface area contributed by atoms with Gasteiger partial charge in [0.05, 0.1) is 0 Å².